The standard InChI is InChI=1S/C27H21NO7S2/c1-16(29)33-21-14-13-18(15-22(21)34-17(2)30)23-24(37-26(36)28-23)25(31)35-27(32,19-9-5-3-6-10-19)20-11-7-4-8-12-20/h3-15,32H,1-2H3,(H,28,36). The van der Waals surface area contributed by atoms with Gasteiger partial charge in [-0.3, -0.25) is 9.59 Å². The van der Waals surface area contributed by atoms with E-state index >= 15 is 0 Å². The van der Waals surface area contributed by atoms with Crippen LogP contribution < -0.4 is 9.47 Å². The predicted octanol–water partition coefficient (Wildman–Crippen LogP) is 5.00. The van der Waals surface area contributed by atoms with Crippen molar-refractivity contribution in [3.63, 3.8) is 0 Å². The van der Waals surface area contributed by atoms with Gasteiger partial charge >= 0.3 is 17.9 Å². The largest absolute Gasteiger partial charge is 0.423 e. The Balaban J connectivity index is 1.75. The lowest BCUT2D eigenvalue weighted by Gasteiger charge is -2.28. The topological polar surface area (TPSA) is 112 Å². The van der Waals surface area contributed by atoms with Crippen molar-refractivity contribution in [1.82, 2.24) is 4.98 Å². The molecule has 0 aliphatic carbocycles. The van der Waals surface area contributed by atoms with Crippen LogP contribution in [0.1, 0.15) is 34.6 Å². The van der Waals surface area contributed by atoms with Crippen molar-refractivity contribution in [3.8, 4) is 22.8 Å². The Morgan fingerprint density at radius 3 is 1.92 bits per heavy atom. The third kappa shape index (κ3) is 5.88. The minimum Gasteiger partial charge on any atom is -0.423 e. The molecule has 0 fully saturated rings. The third-order valence-corrected chi connectivity index (χ3v) is 6.31. The van der Waals surface area contributed by atoms with E-state index in [0.717, 1.165) is 11.3 Å². The first-order valence-electron chi connectivity index (χ1n) is 10.9. The van der Waals surface area contributed by atoms with E-state index in [4.69, 9.17) is 14.2 Å². The number of hydrogen-bond acceptors (Lipinski definition) is 10. The molecule has 0 unspecified atom stereocenters. The van der Waals surface area contributed by atoms with Gasteiger partial charge in [0.15, 0.2) is 11.5 Å². The first kappa shape index (κ1) is 26.1. The highest BCUT2D eigenvalue weighted by molar-refractivity contribution is 7.82. The summed E-state index contributed by atoms with van der Waals surface area (Å²) in [5, 5.41) is 11.6. The van der Waals surface area contributed by atoms with Crippen molar-refractivity contribution in [3.05, 3.63) is 94.9 Å². The summed E-state index contributed by atoms with van der Waals surface area (Å²) in [4.78, 5) is 41.0. The van der Waals surface area contributed by atoms with Gasteiger partial charge in [0.2, 0.25) is 0 Å². The average molecular weight is 536 g/mol. The summed E-state index contributed by atoms with van der Waals surface area (Å²) in [6.07, 6.45) is 0. The van der Waals surface area contributed by atoms with E-state index < -0.39 is 23.7 Å². The molecule has 0 amide bonds. The highest BCUT2D eigenvalue weighted by atomic mass is 32.2. The number of thiol groups is 1. The molecule has 0 spiro atoms. The summed E-state index contributed by atoms with van der Waals surface area (Å²) in [7, 11) is 0. The molecule has 1 N–H and O–H groups in total. The number of aliphatic hydroxyl groups is 1. The molecule has 0 atom stereocenters. The lowest BCUT2D eigenvalue weighted by atomic mass is 9.97. The summed E-state index contributed by atoms with van der Waals surface area (Å²) in [5.74, 6) is -4.16. The number of carbonyl (C=O) groups excluding carboxylic acids is 3. The summed E-state index contributed by atoms with van der Waals surface area (Å²) in [6.45, 7) is 2.42. The lowest BCUT2D eigenvalue weighted by Crippen LogP contribution is -2.33. The minimum atomic E-state index is -2.08. The molecule has 188 valence electrons. The van der Waals surface area contributed by atoms with Crippen molar-refractivity contribution in [2.45, 2.75) is 24.0 Å². The number of rotatable bonds is 7. The molecule has 0 aliphatic heterocycles. The Morgan fingerprint density at radius 1 is 0.838 bits per heavy atom. The predicted molar refractivity (Wildman–Crippen MR) is 139 cm³/mol. The van der Waals surface area contributed by atoms with Crippen LogP contribution in [0.15, 0.2) is 83.2 Å². The molecule has 1 aromatic heterocycles. The van der Waals surface area contributed by atoms with Gasteiger partial charge in [0, 0.05) is 30.5 Å². The van der Waals surface area contributed by atoms with Crippen LogP contribution in [0.2, 0.25) is 0 Å². The Bertz CT molecular complexity index is 1410. The van der Waals surface area contributed by atoms with Gasteiger partial charge in [-0.15, -0.1) is 24.0 Å². The van der Waals surface area contributed by atoms with Crippen LogP contribution in [-0.2, 0) is 20.1 Å². The molecular formula is C27H21NO7S2. The van der Waals surface area contributed by atoms with Crippen molar-refractivity contribution in [2.75, 3.05) is 0 Å². The maximum Gasteiger partial charge on any atom is 0.353 e. The van der Waals surface area contributed by atoms with Crippen LogP contribution >= 0.6 is 24.0 Å². The van der Waals surface area contributed by atoms with Gasteiger partial charge in [0.25, 0.3) is 5.79 Å². The summed E-state index contributed by atoms with van der Waals surface area (Å²) < 4.78 is 16.3. The monoisotopic (exact) mass is 535 g/mol. The lowest BCUT2D eigenvalue weighted by molar-refractivity contribution is -0.140. The van der Waals surface area contributed by atoms with E-state index in [9.17, 15) is 19.5 Å². The highest BCUT2D eigenvalue weighted by Crippen LogP contribution is 2.39. The SMILES string of the molecule is CC(=O)Oc1ccc(-c2nc(S)sc2C(=O)OC(O)(c2ccccc2)c2ccccc2)cc1OC(C)=O. The third-order valence-electron chi connectivity index (χ3n) is 5.10. The molecule has 0 bridgehead atoms. The Labute approximate surface area is 221 Å². The second-order valence-corrected chi connectivity index (χ2v) is 9.51. The van der Waals surface area contributed by atoms with Crippen molar-refractivity contribution in [1.29, 1.82) is 0 Å². The van der Waals surface area contributed by atoms with Gasteiger partial charge in [-0.25, -0.2) is 9.78 Å². The minimum absolute atomic E-state index is 0.0273. The number of esters is 3. The fourth-order valence-electron chi connectivity index (χ4n) is 3.57. The van der Waals surface area contributed by atoms with Gasteiger partial charge < -0.3 is 19.3 Å². The molecule has 10 heteroatoms. The molecule has 0 radical (unpaired) electrons. The number of hydrogen-bond donors (Lipinski definition) is 2. The quantitative estimate of drug-likeness (QED) is 0.147. The molecule has 1 heterocycles. The fraction of sp³-hybridized carbons (Fsp3) is 0.111. The summed E-state index contributed by atoms with van der Waals surface area (Å²) in [6, 6.07) is 21.4. The fourth-order valence-corrected chi connectivity index (χ4v) is 4.64. The first-order valence-corrected chi connectivity index (χ1v) is 12.2. The number of carbonyl (C=O) groups is 3. The molecule has 37 heavy (non-hydrogen) atoms. The Morgan fingerprint density at radius 2 is 1.38 bits per heavy atom. The zero-order chi connectivity index (χ0) is 26.6. The molecule has 3 aromatic carbocycles. The number of nitrogens with zero attached hydrogens (tertiary/aromatic N) is 1. The second-order valence-electron chi connectivity index (χ2n) is 7.79. The van der Waals surface area contributed by atoms with Gasteiger partial charge in [0.05, 0.1) is 5.69 Å². The molecular weight excluding hydrogens is 514 g/mol. The Hall–Kier alpha value is -3.99. The maximum absolute atomic E-state index is 13.5. The van der Waals surface area contributed by atoms with Gasteiger partial charge in [-0.2, -0.15) is 0 Å². The molecule has 8 nitrogen and oxygen atoms in total. The summed E-state index contributed by atoms with van der Waals surface area (Å²) >= 11 is 5.26. The van der Waals surface area contributed by atoms with Crippen LogP contribution in [-0.4, -0.2) is 28.0 Å². The summed E-state index contributed by atoms with van der Waals surface area (Å²) in [5.41, 5.74) is 1.27. The van der Waals surface area contributed by atoms with E-state index in [1.807, 2.05) is 0 Å². The van der Waals surface area contributed by atoms with Crippen molar-refractivity contribution < 1.29 is 33.7 Å². The Kier molecular flexibility index (Phi) is 7.72. The van der Waals surface area contributed by atoms with Gasteiger partial charge in [-0.1, -0.05) is 60.7 Å². The van der Waals surface area contributed by atoms with Crippen LogP contribution in [0.25, 0.3) is 11.3 Å². The zero-order valence-electron chi connectivity index (χ0n) is 19.7. The molecule has 0 saturated carbocycles. The normalized spacial score (nSPS) is 11.0. The van der Waals surface area contributed by atoms with E-state index in [-0.39, 0.29) is 26.4 Å². The number of aromatic nitrogens is 1. The van der Waals surface area contributed by atoms with E-state index in [1.54, 1.807) is 66.7 Å². The average Bonchev–Trinajstić information content (AvgIpc) is 3.27. The van der Waals surface area contributed by atoms with E-state index in [0.29, 0.717) is 16.7 Å². The van der Waals surface area contributed by atoms with Gasteiger partial charge in [-0.05, 0) is 18.2 Å². The van der Waals surface area contributed by atoms with E-state index in [1.165, 1.54) is 26.0 Å². The highest BCUT2D eigenvalue weighted by Gasteiger charge is 2.38. The zero-order valence-corrected chi connectivity index (χ0v) is 21.4. The van der Waals surface area contributed by atoms with E-state index in [2.05, 4.69) is 17.6 Å². The number of ether oxygens (including phenoxy) is 3. The number of benzene rings is 3. The van der Waals surface area contributed by atoms with Crippen LogP contribution in [0, 0.1) is 0 Å². The number of thiazole rings is 1. The maximum atomic E-state index is 13.5. The van der Waals surface area contributed by atoms with Gasteiger partial charge in [0.1, 0.15) is 9.22 Å². The smallest absolute Gasteiger partial charge is 0.353 e. The van der Waals surface area contributed by atoms with Crippen LogP contribution in [0.4, 0.5) is 0 Å². The molecule has 0 saturated heterocycles. The second kappa shape index (κ2) is 11.0. The van der Waals surface area contributed by atoms with Crippen molar-refractivity contribution >= 4 is 41.9 Å². The van der Waals surface area contributed by atoms with Crippen molar-refractivity contribution in [2.24, 2.45) is 0 Å². The molecule has 4 aromatic rings. The first-order chi connectivity index (χ1) is 17.7. The molecule has 4 rings (SSSR count). The van der Waals surface area contributed by atoms with Crippen LogP contribution in [0.3, 0.4) is 0 Å². The molecule has 0 aliphatic rings. The van der Waals surface area contributed by atoms with Crippen LogP contribution in [0.5, 0.6) is 11.5 Å².